The van der Waals surface area contributed by atoms with Gasteiger partial charge in [-0.15, -0.1) is 0 Å². The Morgan fingerprint density at radius 3 is 2.35 bits per heavy atom. The summed E-state index contributed by atoms with van der Waals surface area (Å²) >= 11 is 5.38. The molecule has 1 aromatic carbocycles. The predicted octanol–water partition coefficient (Wildman–Crippen LogP) is 2.15. The number of hydrogen-bond donors (Lipinski definition) is 3. The first kappa shape index (κ1) is 13.6. The van der Waals surface area contributed by atoms with Crippen molar-refractivity contribution in [3.05, 3.63) is 28.3 Å². The van der Waals surface area contributed by atoms with Gasteiger partial charge in [-0.2, -0.15) is 13.2 Å². The molecule has 0 saturated carbocycles. The summed E-state index contributed by atoms with van der Waals surface area (Å²) in [4.78, 5) is 10.6. The first-order valence-electron chi connectivity index (χ1n) is 4.22. The zero-order valence-corrected chi connectivity index (χ0v) is 8.88. The van der Waals surface area contributed by atoms with Gasteiger partial charge < -0.3 is 15.9 Å². The topological polar surface area (TPSA) is 83.6 Å². The maximum atomic E-state index is 12.4. The quantitative estimate of drug-likeness (QED) is 0.768. The number of aliphatic carboxylic acids is 1. The molecule has 0 heterocycles. The van der Waals surface area contributed by atoms with E-state index >= 15 is 0 Å². The summed E-state index contributed by atoms with van der Waals surface area (Å²) in [7, 11) is 0. The second-order valence-corrected chi connectivity index (χ2v) is 3.62. The molecule has 0 bridgehead atoms. The van der Waals surface area contributed by atoms with Gasteiger partial charge in [0, 0.05) is 5.56 Å². The van der Waals surface area contributed by atoms with E-state index in [1.807, 2.05) is 0 Å². The zero-order chi connectivity index (χ0) is 13.4. The third-order valence-corrected chi connectivity index (χ3v) is 2.31. The summed E-state index contributed by atoms with van der Waals surface area (Å²) in [5, 5.41) is 17.3. The number of hydrogen-bond acceptors (Lipinski definition) is 3. The van der Waals surface area contributed by atoms with Crippen molar-refractivity contribution in [2.24, 2.45) is 5.73 Å². The number of carboxylic acid groups (broad SMARTS) is 1. The average Bonchev–Trinajstić information content (AvgIpc) is 2.19. The van der Waals surface area contributed by atoms with Crippen LogP contribution < -0.4 is 5.73 Å². The van der Waals surface area contributed by atoms with Crippen LogP contribution >= 0.6 is 11.6 Å². The van der Waals surface area contributed by atoms with Gasteiger partial charge in [-0.25, -0.2) is 0 Å². The van der Waals surface area contributed by atoms with E-state index in [0.29, 0.717) is 12.1 Å². The van der Waals surface area contributed by atoms with Crippen molar-refractivity contribution in [3.63, 3.8) is 0 Å². The number of rotatable bonds is 2. The second kappa shape index (κ2) is 4.42. The number of phenols is 1. The summed E-state index contributed by atoms with van der Waals surface area (Å²) in [6, 6.07) is -0.829. The van der Waals surface area contributed by atoms with Crippen LogP contribution in [0, 0.1) is 0 Å². The van der Waals surface area contributed by atoms with Crippen molar-refractivity contribution in [1.29, 1.82) is 0 Å². The third-order valence-electron chi connectivity index (χ3n) is 2.02. The summed E-state index contributed by atoms with van der Waals surface area (Å²) in [5.74, 6) is -2.34. The number of nitrogens with two attached hydrogens (primary N) is 1. The van der Waals surface area contributed by atoms with Crippen LogP contribution in [0.15, 0.2) is 12.1 Å². The van der Waals surface area contributed by atoms with E-state index < -0.39 is 40.1 Å². The smallest absolute Gasteiger partial charge is 0.416 e. The fourth-order valence-electron chi connectivity index (χ4n) is 1.15. The lowest BCUT2D eigenvalue weighted by atomic mass is 10.0. The van der Waals surface area contributed by atoms with Crippen LogP contribution in [-0.4, -0.2) is 16.2 Å². The second-order valence-electron chi connectivity index (χ2n) is 3.21. The number of phenolic OH excluding ortho intramolecular Hbond substituents is 1. The van der Waals surface area contributed by atoms with Gasteiger partial charge in [-0.1, -0.05) is 11.6 Å². The molecule has 0 amide bonds. The highest BCUT2D eigenvalue weighted by Crippen LogP contribution is 2.38. The third kappa shape index (κ3) is 2.80. The lowest BCUT2D eigenvalue weighted by Crippen LogP contribution is -2.21. The predicted molar refractivity (Wildman–Crippen MR) is 52.7 cm³/mol. The zero-order valence-electron chi connectivity index (χ0n) is 8.12. The molecule has 0 aliphatic rings. The van der Waals surface area contributed by atoms with E-state index in [4.69, 9.17) is 22.4 Å². The van der Waals surface area contributed by atoms with Crippen molar-refractivity contribution < 1.29 is 28.2 Å². The van der Waals surface area contributed by atoms with Crippen LogP contribution in [0.4, 0.5) is 13.2 Å². The molecule has 0 saturated heterocycles. The molecule has 94 valence electrons. The Balaban J connectivity index is 3.40. The van der Waals surface area contributed by atoms with Gasteiger partial charge in [-0.05, 0) is 12.1 Å². The van der Waals surface area contributed by atoms with Gasteiger partial charge >= 0.3 is 12.1 Å². The average molecular weight is 270 g/mol. The van der Waals surface area contributed by atoms with Gasteiger partial charge in [0.1, 0.15) is 11.8 Å². The number of alkyl halides is 3. The summed E-state index contributed by atoms with van der Waals surface area (Å²) < 4.78 is 37.2. The molecule has 8 heteroatoms. The van der Waals surface area contributed by atoms with Crippen LogP contribution in [0.3, 0.4) is 0 Å². The Morgan fingerprint density at radius 2 is 1.94 bits per heavy atom. The largest absolute Gasteiger partial charge is 0.506 e. The van der Waals surface area contributed by atoms with E-state index in [1.165, 1.54) is 0 Å². The van der Waals surface area contributed by atoms with E-state index in [2.05, 4.69) is 0 Å². The SMILES string of the molecule is NC(C(=O)O)c1cc(C(F)(F)F)cc(Cl)c1O. The minimum Gasteiger partial charge on any atom is -0.506 e. The fraction of sp³-hybridized carbons (Fsp3) is 0.222. The summed E-state index contributed by atoms with van der Waals surface area (Å²) in [6.45, 7) is 0. The van der Waals surface area contributed by atoms with E-state index in [-0.39, 0.29) is 0 Å². The number of aromatic hydroxyl groups is 1. The lowest BCUT2D eigenvalue weighted by molar-refractivity contribution is -0.140. The molecular weight excluding hydrogens is 263 g/mol. The molecule has 0 radical (unpaired) electrons. The molecular formula is C9H7ClF3NO3. The fourth-order valence-corrected chi connectivity index (χ4v) is 1.38. The molecule has 4 nitrogen and oxygen atoms in total. The van der Waals surface area contributed by atoms with Crippen LogP contribution in [0.5, 0.6) is 5.75 Å². The van der Waals surface area contributed by atoms with Crippen LogP contribution in [0.25, 0.3) is 0 Å². The van der Waals surface area contributed by atoms with E-state index in [9.17, 15) is 23.1 Å². The monoisotopic (exact) mass is 269 g/mol. The van der Waals surface area contributed by atoms with Crippen molar-refractivity contribution in [3.8, 4) is 5.75 Å². The first-order chi connectivity index (χ1) is 7.64. The Bertz CT molecular complexity index is 462. The first-order valence-corrected chi connectivity index (χ1v) is 4.60. The molecule has 1 unspecified atom stereocenters. The lowest BCUT2D eigenvalue weighted by Gasteiger charge is -2.14. The molecule has 0 spiro atoms. The highest BCUT2D eigenvalue weighted by atomic mass is 35.5. The Hall–Kier alpha value is -1.47. The summed E-state index contributed by atoms with van der Waals surface area (Å²) in [6.07, 6.45) is -4.70. The van der Waals surface area contributed by atoms with Crippen molar-refractivity contribution in [2.45, 2.75) is 12.2 Å². The Labute approximate surface area is 98.4 Å². The number of carboxylic acids is 1. The van der Waals surface area contributed by atoms with Gasteiger partial charge in [0.05, 0.1) is 10.6 Å². The van der Waals surface area contributed by atoms with Crippen LogP contribution in [0.2, 0.25) is 5.02 Å². The molecule has 0 fully saturated rings. The van der Waals surface area contributed by atoms with Crippen molar-refractivity contribution in [2.75, 3.05) is 0 Å². The molecule has 0 aromatic heterocycles. The Morgan fingerprint density at radius 1 is 1.41 bits per heavy atom. The minimum absolute atomic E-state index is 0.458. The van der Waals surface area contributed by atoms with Gasteiger partial charge in [-0.3, -0.25) is 4.79 Å². The number of benzene rings is 1. The number of carbonyl (C=O) groups is 1. The van der Waals surface area contributed by atoms with Crippen molar-refractivity contribution in [1.82, 2.24) is 0 Å². The molecule has 17 heavy (non-hydrogen) atoms. The molecule has 1 atom stereocenters. The normalized spacial score (nSPS) is 13.5. The maximum Gasteiger partial charge on any atom is 0.416 e. The Kier molecular flexibility index (Phi) is 3.53. The van der Waals surface area contributed by atoms with E-state index in [0.717, 1.165) is 0 Å². The van der Waals surface area contributed by atoms with Gasteiger partial charge in [0.15, 0.2) is 0 Å². The highest BCUT2D eigenvalue weighted by molar-refractivity contribution is 6.32. The van der Waals surface area contributed by atoms with Crippen LogP contribution in [0.1, 0.15) is 17.2 Å². The molecule has 4 N–H and O–H groups in total. The molecule has 1 rings (SSSR count). The molecule has 0 aliphatic carbocycles. The van der Waals surface area contributed by atoms with Gasteiger partial charge in [0.25, 0.3) is 0 Å². The highest BCUT2D eigenvalue weighted by Gasteiger charge is 2.33. The van der Waals surface area contributed by atoms with E-state index in [1.54, 1.807) is 0 Å². The maximum absolute atomic E-state index is 12.4. The minimum atomic E-state index is -4.70. The molecule has 0 aliphatic heterocycles. The van der Waals surface area contributed by atoms with Gasteiger partial charge in [0.2, 0.25) is 0 Å². The summed E-state index contributed by atoms with van der Waals surface area (Å²) in [5.41, 5.74) is 3.37. The van der Waals surface area contributed by atoms with Crippen molar-refractivity contribution >= 4 is 17.6 Å². The van der Waals surface area contributed by atoms with Crippen LogP contribution in [-0.2, 0) is 11.0 Å². The standard InChI is InChI=1S/C9H7ClF3NO3/c10-5-2-3(9(11,12)13)1-4(7(5)15)6(14)8(16)17/h1-2,6,15H,14H2,(H,16,17). The number of halogens is 4. The molecule has 1 aromatic rings.